The minimum Gasteiger partial charge on any atom is -0.493 e. The fourth-order valence-electron chi connectivity index (χ4n) is 3.01. The molecule has 0 aliphatic heterocycles. The number of amides is 1. The van der Waals surface area contributed by atoms with Gasteiger partial charge in [0.05, 0.1) is 29.8 Å². The lowest BCUT2D eigenvalue weighted by molar-refractivity contribution is -0.123. The first-order valence-corrected chi connectivity index (χ1v) is 10.5. The van der Waals surface area contributed by atoms with Crippen LogP contribution < -0.4 is 19.5 Å². The van der Waals surface area contributed by atoms with E-state index in [0.29, 0.717) is 17.9 Å². The smallest absolute Gasteiger partial charge is 0.258 e. The van der Waals surface area contributed by atoms with Gasteiger partial charge in [-0.3, -0.25) is 19.6 Å². The van der Waals surface area contributed by atoms with Crippen LogP contribution in [0, 0.1) is 0 Å². The van der Waals surface area contributed by atoms with E-state index in [1.54, 1.807) is 30.6 Å². The molecule has 8 nitrogen and oxygen atoms in total. The van der Waals surface area contributed by atoms with Gasteiger partial charge in [0.25, 0.3) is 5.91 Å². The van der Waals surface area contributed by atoms with E-state index in [4.69, 9.17) is 37.4 Å². The van der Waals surface area contributed by atoms with Crippen molar-refractivity contribution >= 4 is 34.9 Å². The lowest BCUT2D eigenvalue weighted by atomic mass is 10.0. The van der Waals surface area contributed by atoms with Gasteiger partial charge < -0.3 is 19.5 Å². The van der Waals surface area contributed by atoms with Gasteiger partial charge in [-0.05, 0) is 29.8 Å². The number of methoxy groups -OCH3 is 2. The van der Waals surface area contributed by atoms with Crippen molar-refractivity contribution in [2.45, 2.75) is 13.0 Å². The Morgan fingerprint density at radius 1 is 0.939 bits per heavy atom. The van der Waals surface area contributed by atoms with Gasteiger partial charge in [-0.2, -0.15) is 0 Å². The third kappa shape index (κ3) is 6.12. The first-order valence-electron chi connectivity index (χ1n) is 9.79. The molecular formula is C23H21Cl2N3O5. The zero-order valence-corrected chi connectivity index (χ0v) is 19.4. The first-order chi connectivity index (χ1) is 15.9. The molecule has 3 rings (SSSR count). The summed E-state index contributed by atoms with van der Waals surface area (Å²) >= 11 is 12.3. The highest BCUT2D eigenvalue weighted by Crippen LogP contribution is 2.40. The summed E-state index contributed by atoms with van der Waals surface area (Å²) in [6.45, 7) is -0.0313. The van der Waals surface area contributed by atoms with E-state index in [1.165, 1.54) is 32.7 Å². The average Bonchev–Trinajstić information content (AvgIpc) is 2.83. The van der Waals surface area contributed by atoms with Crippen LogP contribution in [-0.4, -0.2) is 42.5 Å². The van der Waals surface area contributed by atoms with E-state index >= 15 is 0 Å². The first kappa shape index (κ1) is 24.3. The molecule has 3 aromatic rings. The molecule has 172 valence electrons. The van der Waals surface area contributed by atoms with Crippen molar-refractivity contribution < 1.29 is 23.8 Å². The van der Waals surface area contributed by atoms with Crippen LogP contribution in [0.5, 0.6) is 17.2 Å². The minimum atomic E-state index is -0.379. The predicted octanol–water partition coefficient (Wildman–Crippen LogP) is 3.92. The number of ketones is 1. The predicted molar refractivity (Wildman–Crippen MR) is 123 cm³/mol. The number of aromatic nitrogens is 2. The molecule has 1 N–H and O–H groups in total. The quantitative estimate of drug-likeness (QED) is 0.430. The van der Waals surface area contributed by atoms with Crippen LogP contribution in [0.2, 0.25) is 10.0 Å². The molecule has 0 saturated heterocycles. The topological polar surface area (TPSA) is 99.6 Å². The molecule has 2 aromatic heterocycles. The Labute approximate surface area is 200 Å². The van der Waals surface area contributed by atoms with Crippen LogP contribution >= 0.6 is 23.2 Å². The molecule has 0 aliphatic rings. The zero-order chi connectivity index (χ0) is 23.8. The molecule has 33 heavy (non-hydrogen) atoms. The fourth-order valence-corrected chi connectivity index (χ4v) is 3.51. The van der Waals surface area contributed by atoms with E-state index in [-0.39, 0.29) is 51.8 Å². The van der Waals surface area contributed by atoms with Crippen LogP contribution in [0.1, 0.15) is 21.5 Å². The average molecular weight is 490 g/mol. The standard InChI is InChI=1S/C23H21Cl2N3O5/c1-31-20-4-3-15(19(29)9-16-17(24)11-27-12-18(16)25)22(23(20)32-2)33-13-21(30)28-10-14-5-7-26-8-6-14/h3-8,11-12H,9-10,13H2,1-2H3,(H,28,30). The number of rotatable bonds is 10. The largest absolute Gasteiger partial charge is 0.493 e. The molecule has 0 unspecified atom stereocenters. The molecule has 0 saturated carbocycles. The number of Topliss-reactive ketones (excluding diaryl/α,β-unsaturated/α-hetero) is 1. The molecule has 0 bridgehead atoms. The Balaban J connectivity index is 1.81. The van der Waals surface area contributed by atoms with E-state index < -0.39 is 0 Å². The van der Waals surface area contributed by atoms with Crippen molar-refractivity contribution in [1.29, 1.82) is 0 Å². The van der Waals surface area contributed by atoms with E-state index in [1.807, 2.05) is 0 Å². The van der Waals surface area contributed by atoms with Gasteiger partial charge >= 0.3 is 0 Å². The zero-order valence-electron chi connectivity index (χ0n) is 17.9. The summed E-state index contributed by atoms with van der Waals surface area (Å²) in [4.78, 5) is 33.3. The monoisotopic (exact) mass is 489 g/mol. The summed E-state index contributed by atoms with van der Waals surface area (Å²) in [6.07, 6.45) is 6.00. The fraction of sp³-hybridized carbons (Fsp3) is 0.217. The maximum atomic E-state index is 13.1. The highest BCUT2D eigenvalue weighted by atomic mass is 35.5. The van der Waals surface area contributed by atoms with Gasteiger partial charge in [-0.25, -0.2) is 0 Å². The molecule has 0 spiro atoms. The van der Waals surface area contributed by atoms with Crippen molar-refractivity contribution in [1.82, 2.24) is 15.3 Å². The van der Waals surface area contributed by atoms with Gasteiger partial charge in [-0.15, -0.1) is 0 Å². The summed E-state index contributed by atoms with van der Waals surface area (Å²) in [5.74, 6) is -0.0888. The second-order valence-electron chi connectivity index (χ2n) is 6.78. The van der Waals surface area contributed by atoms with Gasteiger partial charge in [0.1, 0.15) is 0 Å². The van der Waals surface area contributed by atoms with Crippen molar-refractivity contribution in [3.8, 4) is 17.2 Å². The normalized spacial score (nSPS) is 10.4. The van der Waals surface area contributed by atoms with Crippen LogP contribution in [0.15, 0.2) is 49.1 Å². The maximum absolute atomic E-state index is 13.1. The number of halogens is 2. The molecule has 0 atom stereocenters. The molecule has 0 aliphatic carbocycles. The number of benzene rings is 1. The van der Waals surface area contributed by atoms with Crippen LogP contribution in [0.3, 0.4) is 0 Å². The molecule has 0 fully saturated rings. The Morgan fingerprint density at radius 3 is 2.27 bits per heavy atom. The van der Waals surface area contributed by atoms with Crippen LogP contribution in [-0.2, 0) is 17.8 Å². The minimum absolute atomic E-state index is 0.0854. The van der Waals surface area contributed by atoms with Gasteiger partial charge in [0, 0.05) is 43.3 Å². The maximum Gasteiger partial charge on any atom is 0.258 e. The number of hydrogen-bond donors (Lipinski definition) is 1. The number of carbonyl (C=O) groups excluding carboxylic acids is 2. The highest BCUT2D eigenvalue weighted by Gasteiger charge is 2.23. The third-order valence-electron chi connectivity index (χ3n) is 4.68. The second kappa shape index (κ2) is 11.5. The van der Waals surface area contributed by atoms with E-state index in [0.717, 1.165) is 5.56 Å². The van der Waals surface area contributed by atoms with Crippen LogP contribution in [0.25, 0.3) is 0 Å². The molecule has 2 heterocycles. The van der Waals surface area contributed by atoms with Crippen molar-refractivity contribution in [2.75, 3.05) is 20.8 Å². The van der Waals surface area contributed by atoms with Crippen LogP contribution in [0.4, 0.5) is 0 Å². The van der Waals surface area contributed by atoms with Crippen molar-refractivity contribution in [2.24, 2.45) is 0 Å². The third-order valence-corrected chi connectivity index (χ3v) is 5.33. The van der Waals surface area contributed by atoms with Gasteiger partial charge in [0.15, 0.2) is 23.9 Å². The van der Waals surface area contributed by atoms with Crippen molar-refractivity contribution in [3.05, 3.63) is 75.8 Å². The summed E-state index contributed by atoms with van der Waals surface area (Å²) in [7, 11) is 2.88. The summed E-state index contributed by atoms with van der Waals surface area (Å²) in [5.41, 5.74) is 1.52. The molecule has 1 amide bonds. The highest BCUT2D eigenvalue weighted by molar-refractivity contribution is 6.36. The van der Waals surface area contributed by atoms with E-state index in [9.17, 15) is 9.59 Å². The molecule has 10 heteroatoms. The number of ether oxygens (including phenoxy) is 3. The molecule has 0 radical (unpaired) electrons. The Bertz CT molecular complexity index is 1120. The number of nitrogens with one attached hydrogen (secondary N) is 1. The van der Waals surface area contributed by atoms with Gasteiger partial charge in [-0.1, -0.05) is 23.2 Å². The van der Waals surface area contributed by atoms with Crippen molar-refractivity contribution in [3.63, 3.8) is 0 Å². The lowest BCUT2D eigenvalue weighted by Gasteiger charge is -2.17. The SMILES string of the molecule is COc1ccc(C(=O)Cc2c(Cl)cncc2Cl)c(OCC(=O)NCc2ccncc2)c1OC. The Morgan fingerprint density at radius 2 is 1.64 bits per heavy atom. The molecule has 1 aromatic carbocycles. The summed E-state index contributed by atoms with van der Waals surface area (Å²) in [6, 6.07) is 6.70. The van der Waals surface area contributed by atoms with Gasteiger partial charge in [0.2, 0.25) is 5.75 Å². The molecular weight excluding hydrogens is 469 g/mol. The summed E-state index contributed by atoms with van der Waals surface area (Å²) in [5, 5.41) is 3.29. The Kier molecular flexibility index (Phi) is 8.46. The summed E-state index contributed by atoms with van der Waals surface area (Å²) < 4.78 is 16.5. The second-order valence-corrected chi connectivity index (χ2v) is 7.59. The van der Waals surface area contributed by atoms with E-state index in [2.05, 4.69) is 15.3 Å². The number of pyridine rings is 2. The number of nitrogens with zero attached hydrogens (tertiary/aromatic N) is 2. The number of hydrogen-bond acceptors (Lipinski definition) is 7. The Hall–Kier alpha value is -3.36. The lowest BCUT2D eigenvalue weighted by Crippen LogP contribution is -2.28. The number of carbonyl (C=O) groups is 2.